The number of nitrogens with one attached hydrogen (secondary N) is 1. The van der Waals surface area contributed by atoms with Gasteiger partial charge in [0.05, 0.1) is 0 Å². The van der Waals surface area contributed by atoms with E-state index in [0.29, 0.717) is 25.2 Å². The van der Waals surface area contributed by atoms with Gasteiger partial charge in [-0.2, -0.15) is 0 Å². The Labute approximate surface area is 116 Å². The molecular formula is C13H19F3N2O2. The first kappa shape index (κ1) is 16.7. The average molecular weight is 292 g/mol. The Kier molecular flexibility index (Phi) is 6.77. The second-order valence-corrected chi connectivity index (χ2v) is 4.18. The van der Waals surface area contributed by atoms with Crippen molar-refractivity contribution in [3.63, 3.8) is 0 Å². The Balaban J connectivity index is 2.65. The summed E-state index contributed by atoms with van der Waals surface area (Å²) in [5, 5.41) is 0. The van der Waals surface area contributed by atoms with Crippen LogP contribution in [-0.4, -0.2) is 19.6 Å². The van der Waals surface area contributed by atoms with E-state index in [4.69, 9.17) is 10.6 Å². The molecule has 0 saturated carbocycles. The van der Waals surface area contributed by atoms with Crippen molar-refractivity contribution in [3.8, 4) is 5.75 Å². The Morgan fingerprint density at radius 3 is 2.70 bits per heavy atom. The molecule has 0 aliphatic heterocycles. The van der Waals surface area contributed by atoms with Gasteiger partial charge in [0.25, 0.3) is 0 Å². The van der Waals surface area contributed by atoms with Gasteiger partial charge in [-0.25, -0.2) is 0 Å². The van der Waals surface area contributed by atoms with Crippen LogP contribution in [0.15, 0.2) is 24.3 Å². The van der Waals surface area contributed by atoms with E-state index >= 15 is 0 Å². The molecule has 0 radical (unpaired) electrons. The molecule has 0 heterocycles. The molecule has 1 unspecified atom stereocenters. The van der Waals surface area contributed by atoms with Crippen LogP contribution in [0.25, 0.3) is 0 Å². The third kappa shape index (κ3) is 6.23. The second kappa shape index (κ2) is 8.08. The summed E-state index contributed by atoms with van der Waals surface area (Å²) in [7, 11) is 0. The molecule has 1 atom stereocenters. The molecule has 0 spiro atoms. The fourth-order valence-corrected chi connectivity index (χ4v) is 1.81. The maximum Gasteiger partial charge on any atom is 0.573 e. The van der Waals surface area contributed by atoms with Crippen LogP contribution in [0, 0.1) is 0 Å². The smallest absolute Gasteiger partial charge is 0.406 e. The minimum atomic E-state index is -4.70. The summed E-state index contributed by atoms with van der Waals surface area (Å²) in [5.74, 6) is 5.19. The van der Waals surface area contributed by atoms with E-state index in [1.54, 1.807) is 6.07 Å². The third-order valence-electron chi connectivity index (χ3n) is 2.68. The van der Waals surface area contributed by atoms with Crippen molar-refractivity contribution in [3.05, 3.63) is 29.8 Å². The van der Waals surface area contributed by atoms with Gasteiger partial charge >= 0.3 is 6.36 Å². The molecule has 1 rings (SSSR count). The van der Waals surface area contributed by atoms with E-state index in [1.165, 1.54) is 18.2 Å². The molecule has 0 aliphatic carbocycles. The summed E-state index contributed by atoms with van der Waals surface area (Å²) in [5.41, 5.74) is 3.24. The average Bonchev–Trinajstić information content (AvgIpc) is 2.37. The number of hydrazine groups is 1. The SMILES string of the molecule is CCOCCCC(NN)c1cccc(OC(F)(F)F)c1. The molecule has 7 heteroatoms. The van der Waals surface area contributed by atoms with Crippen LogP contribution < -0.4 is 16.0 Å². The lowest BCUT2D eigenvalue weighted by Gasteiger charge is -2.17. The number of halogens is 3. The topological polar surface area (TPSA) is 56.5 Å². The van der Waals surface area contributed by atoms with E-state index in [0.717, 1.165) is 6.42 Å². The lowest BCUT2D eigenvalue weighted by molar-refractivity contribution is -0.274. The fourth-order valence-electron chi connectivity index (χ4n) is 1.81. The Morgan fingerprint density at radius 2 is 2.10 bits per heavy atom. The highest BCUT2D eigenvalue weighted by atomic mass is 19.4. The molecule has 20 heavy (non-hydrogen) atoms. The summed E-state index contributed by atoms with van der Waals surface area (Å²) in [6, 6.07) is 5.55. The van der Waals surface area contributed by atoms with Crippen molar-refractivity contribution in [2.24, 2.45) is 5.84 Å². The molecular weight excluding hydrogens is 273 g/mol. The quantitative estimate of drug-likeness (QED) is 0.439. The number of ether oxygens (including phenoxy) is 2. The van der Waals surface area contributed by atoms with Crippen molar-refractivity contribution in [1.29, 1.82) is 0 Å². The Hall–Kier alpha value is -1.31. The maximum atomic E-state index is 12.2. The number of benzene rings is 1. The maximum absolute atomic E-state index is 12.2. The third-order valence-corrected chi connectivity index (χ3v) is 2.68. The fraction of sp³-hybridized carbons (Fsp3) is 0.538. The molecule has 0 fully saturated rings. The first-order chi connectivity index (χ1) is 9.46. The predicted octanol–water partition coefficient (Wildman–Crippen LogP) is 2.91. The van der Waals surface area contributed by atoms with Gasteiger partial charge in [-0.3, -0.25) is 11.3 Å². The number of alkyl halides is 3. The first-order valence-corrected chi connectivity index (χ1v) is 6.36. The van der Waals surface area contributed by atoms with Crippen LogP contribution in [0.1, 0.15) is 31.4 Å². The standard InChI is InChI=1S/C13H19F3N2O2/c1-2-19-8-4-7-12(18-17)10-5-3-6-11(9-10)20-13(14,15)16/h3,5-6,9,12,18H,2,4,7-8,17H2,1H3. The number of hydrogen-bond donors (Lipinski definition) is 2. The van der Waals surface area contributed by atoms with Gasteiger partial charge in [-0.1, -0.05) is 12.1 Å². The van der Waals surface area contributed by atoms with Crippen LogP contribution in [0.4, 0.5) is 13.2 Å². The van der Waals surface area contributed by atoms with Crippen molar-refractivity contribution in [2.45, 2.75) is 32.2 Å². The lowest BCUT2D eigenvalue weighted by atomic mass is 10.0. The van der Waals surface area contributed by atoms with Gasteiger partial charge in [0.2, 0.25) is 0 Å². The molecule has 0 bridgehead atoms. The number of hydrogen-bond acceptors (Lipinski definition) is 4. The monoisotopic (exact) mass is 292 g/mol. The summed E-state index contributed by atoms with van der Waals surface area (Å²) >= 11 is 0. The van der Waals surface area contributed by atoms with Crippen molar-refractivity contribution in [1.82, 2.24) is 5.43 Å². The lowest BCUT2D eigenvalue weighted by Crippen LogP contribution is -2.28. The number of nitrogens with two attached hydrogens (primary N) is 1. The predicted molar refractivity (Wildman–Crippen MR) is 68.9 cm³/mol. The van der Waals surface area contributed by atoms with Gasteiger partial charge in [-0.15, -0.1) is 13.2 Å². The highest BCUT2D eigenvalue weighted by molar-refractivity contribution is 5.30. The zero-order chi connectivity index (χ0) is 15.0. The summed E-state index contributed by atoms with van der Waals surface area (Å²) in [6.07, 6.45) is -3.28. The van der Waals surface area contributed by atoms with E-state index in [9.17, 15) is 13.2 Å². The minimum Gasteiger partial charge on any atom is -0.406 e. The van der Waals surface area contributed by atoms with Crippen molar-refractivity contribution >= 4 is 0 Å². The Morgan fingerprint density at radius 1 is 1.35 bits per heavy atom. The Bertz CT molecular complexity index is 399. The summed E-state index contributed by atoms with van der Waals surface area (Å²) in [4.78, 5) is 0. The van der Waals surface area contributed by atoms with E-state index in [2.05, 4.69) is 10.2 Å². The van der Waals surface area contributed by atoms with Crippen molar-refractivity contribution in [2.75, 3.05) is 13.2 Å². The molecule has 0 saturated heterocycles. The van der Waals surface area contributed by atoms with Crippen LogP contribution in [0.5, 0.6) is 5.75 Å². The summed E-state index contributed by atoms with van der Waals surface area (Å²) < 4.78 is 45.6. The van der Waals surface area contributed by atoms with E-state index in [-0.39, 0.29) is 11.8 Å². The van der Waals surface area contributed by atoms with E-state index in [1.807, 2.05) is 6.92 Å². The van der Waals surface area contributed by atoms with Gasteiger partial charge in [0, 0.05) is 19.3 Å². The van der Waals surface area contributed by atoms with Crippen LogP contribution in [-0.2, 0) is 4.74 Å². The molecule has 1 aromatic carbocycles. The number of rotatable bonds is 8. The largest absolute Gasteiger partial charge is 0.573 e. The zero-order valence-electron chi connectivity index (χ0n) is 11.2. The van der Waals surface area contributed by atoms with E-state index < -0.39 is 6.36 Å². The zero-order valence-corrected chi connectivity index (χ0v) is 11.2. The van der Waals surface area contributed by atoms with Gasteiger partial charge in [-0.05, 0) is 37.5 Å². The highest BCUT2D eigenvalue weighted by Gasteiger charge is 2.31. The summed E-state index contributed by atoms with van der Waals surface area (Å²) in [6.45, 7) is 3.12. The molecule has 3 N–H and O–H groups in total. The molecule has 0 aromatic heterocycles. The van der Waals surface area contributed by atoms with Crippen LogP contribution >= 0.6 is 0 Å². The van der Waals surface area contributed by atoms with Crippen LogP contribution in [0.3, 0.4) is 0 Å². The minimum absolute atomic E-state index is 0.243. The normalized spacial score (nSPS) is 13.2. The molecule has 4 nitrogen and oxygen atoms in total. The van der Waals surface area contributed by atoms with Gasteiger partial charge in [0.1, 0.15) is 5.75 Å². The van der Waals surface area contributed by atoms with Gasteiger partial charge in [0.15, 0.2) is 0 Å². The van der Waals surface area contributed by atoms with Crippen molar-refractivity contribution < 1.29 is 22.6 Å². The molecule has 0 aliphatic rings. The first-order valence-electron chi connectivity index (χ1n) is 6.36. The van der Waals surface area contributed by atoms with Crippen LogP contribution in [0.2, 0.25) is 0 Å². The van der Waals surface area contributed by atoms with Gasteiger partial charge < -0.3 is 9.47 Å². The molecule has 0 amide bonds. The highest BCUT2D eigenvalue weighted by Crippen LogP contribution is 2.26. The molecule has 1 aromatic rings. The molecule has 114 valence electrons. The second-order valence-electron chi connectivity index (χ2n) is 4.18.